The van der Waals surface area contributed by atoms with E-state index < -0.39 is 16.0 Å². The highest BCUT2D eigenvalue weighted by Gasteiger charge is 2.27. The molecule has 4 rings (SSSR count). The van der Waals surface area contributed by atoms with E-state index >= 15 is 0 Å². The Morgan fingerprint density at radius 2 is 1.61 bits per heavy atom. The van der Waals surface area contributed by atoms with E-state index in [4.69, 9.17) is 14.6 Å². The van der Waals surface area contributed by atoms with Gasteiger partial charge in [-0.25, -0.2) is 17.5 Å². The number of nitrogens with one attached hydrogen (secondary N) is 3. The van der Waals surface area contributed by atoms with Crippen LogP contribution in [0.25, 0.3) is 0 Å². The summed E-state index contributed by atoms with van der Waals surface area (Å²) in [4.78, 5) is 36.4. The van der Waals surface area contributed by atoms with Crippen LogP contribution in [0.1, 0.15) is 37.3 Å². The van der Waals surface area contributed by atoms with E-state index in [1.807, 2.05) is 31.2 Å². The smallest absolute Gasteiger partial charge is 0.323 e. The van der Waals surface area contributed by atoms with Gasteiger partial charge in [-0.1, -0.05) is 37.3 Å². The van der Waals surface area contributed by atoms with Crippen molar-refractivity contribution in [1.29, 1.82) is 0 Å². The average molecular weight is 653 g/mol. The Hall–Kier alpha value is -4.62. The number of urea groups is 1. The molecular formula is C33H40N4O8S. The van der Waals surface area contributed by atoms with E-state index in [9.17, 15) is 22.8 Å². The monoisotopic (exact) mass is 652 g/mol. The van der Waals surface area contributed by atoms with Gasteiger partial charge in [-0.15, -0.1) is 0 Å². The predicted octanol–water partition coefficient (Wildman–Crippen LogP) is 5.11. The maximum atomic E-state index is 12.9. The number of anilines is 3. The van der Waals surface area contributed by atoms with Gasteiger partial charge in [-0.2, -0.15) is 0 Å². The fourth-order valence-electron chi connectivity index (χ4n) is 4.94. The summed E-state index contributed by atoms with van der Waals surface area (Å²) in [6.07, 6.45) is 1.98. The number of carbonyl (C=O) groups is 3. The number of sulfonamides is 1. The molecule has 0 bridgehead atoms. The Labute approximate surface area is 269 Å². The van der Waals surface area contributed by atoms with Crippen LogP contribution in [-0.2, 0) is 26.0 Å². The van der Waals surface area contributed by atoms with Gasteiger partial charge in [0.2, 0.25) is 15.9 Å². The minimum Gasteiger partial charge on any atom is -0.489 e. The normalized spacial score (nSPS) is 14.6. The molecule has 0 spiro atoms. The molecule has 1 aliphatic rings. The molecule has 1 heterocycles. The number of amides is 3. The van der Waals surface area contributed by atoms with Crippen molar-refractivity contribution in [3.8, 4) is 11.5 Å². The molecule has 1 saturated heterocycles. The molecule has 13 heteroatoms. The molecule has 4 N–H and O–H groups in total. The summed E-state index contributed by atoms with van der Waals surface area (Å²) in [7, 11) is -3.27. The van der Waals surface area contributed by atoms with Gasteiger partial charge in [0.1, 0.15) is 6.10 Å². The maximum Gasteiger partial charge on any atom is 0.323 e. The number of carboxylic acid groups (broad SMARTS) is 1. The van der Waals surface area contributed by atoms with Gasteiger partial charge < -0.3 is 30.5 Å². The summed E-state index contributed by atoms with van der Waals surface area (Å²) in [6, 6.07) is 19.0. The van der Waals surface area contributed by atoms with E-state index in [2.05, 4.69) is 16.0 Å². The van der Waals surface area contributed by atoms with E-state index in [-0.39, 0.29) is 43.4 Å². The lowest BCUT2D eigenvalue weighted by molar-refractivity contribution is -0.138. The van der Waals surface area contributed by atoms with Crippen LogP contribution in [0.5, 0.6) is 11.5 Å². The maximum absolute atomic E-state index is 12.9. The van der Waals surface area contributed by atoms with Crippen molar-refractivity contribution >= 4 is 45.0 Å². The number of piperidine rings is 1. The van der Waals surface area contributed by atoms with E-state index in [0.717, 1.165) is 11.1 Å². The van der Waals surface area contributed by atoms with Crippen LogP contribution in [0.15, 0.2) is 66.7 Å². The zero-order valence-corrected chi connectivity index (χ0v) is 26.9. The second-order valence-electron chi connectivity index (χ2n) is 11.5. The first-order valence-electron chi connectivity index (χ1n) is 15.0. The third-order valence-electron chi connectivity index (χ3n) is 7.41. The van der Waals surface area contributed by atoms with E-state index in [1.54, 1.807) is 49.4 Å². The summed E-state index contributed by atoms with van der Waals surface area (Å²) in [5.74, 6) is -0.703. The summed E-state index contributed by atoms with van der Waals surface area (Å²) in [5, 5.41) is 17.6. The van der Waals surface area contributed by atoms with Gasteiger partial charge in [0.25, 0.3) is 0 Å². The molecule has 12 nitrogen and oxygen atoms in total. The Morgan fingerprint density at radius 1 is 0.935 bits per heavy atom. The molecule has 0 aromatic heterocycles. The standard InChI is InChI=1S/C33H40N4O8S/c1-22(18-32(39)40)21-44-30-20-26(12-13-29(30)45-27-14-16-37(17-15-27)46(3,42)43)34-31(38)19-24-8-10-25(11-9-24)35-33(41)36-28-7-5-4-6-23(28)2/h4-13,20,22,27H,14-19,21H2,1-3H3,(H,34,38)(H,39,40)(H2,35,36,41). The molecule has 1 atom stereocenters. The molecule has 0 aliphatic carbocycles. The highest BCUT2D eigenvalue weighted by Crippen LogP contribution is 2.33. The molecule has 3 aromatic carbocycles. The zero-order chi connectivity index (χ0) is 33.3. The first-order valence-corrected chi connectivity index (χ1v) is 16.8. The first kappa shape index (κ1) is 34.3. The summed E-state index contributed by atoms with van der Waals surface area (Å²) in [5.41, 5.74) is 3.44. The number of aliphatic carboxylic acids is 1. The number of hydrogen-bond donors (Lipinski definition) is 4. The van der Waals surface area contributed by atoms with Crippen LogP contribution in [0.4, 0.5) is 21.9 Å². The fraction of sp³-hybridized carbons (Fsp3) is 0.364. The Morgan fingerprint density at radius 3 is 2.26 bits per heavy atom. The van der Waals surface area contributed by atoms with Crippen LogP contribution in [0.2, 0.25) is 0 Å². The van der Waals surface area contributed by atoms with Gasteiger partial charge in [0, 0.05) is 42.1 Å². The van der Waals surface area contributed by atoms with Crippen LogP contribution in [0, 0.1) is 12.8 Å². The summed E-state index contributed by atoms with van der Waals surface area (Å²) >= 11 is 0. The Balaban J connectivity index is 1.36. The Kier molecular flexibility index (Phi) is 11.6. The largest absolute Gasteiger partial charge is 0.489 e. The molecule has 246 valence electrons. The number of rotatable bonds is 13. The van der Waals surface area contributed by atoms with Crippen molar-refractivity contribution in [2.75, 3.05) is 41.9 Å². The number of carboxylic acids is 1. The quantitative estimate of drug-likeness (QED) is 0.198. The van der Waals surface area contributed by atoms with E-state index in [1.165, 1.54) is 10.6 Å². The first-order chi connectivity index (χ1) is 21.9. The van der Waals surface area contributed by atoms with Crippen molar-refractivity contribution in [2.45, 2.75) is 45.6 Å². The van der Waals surface area contributed by atoms with Crippen molar-refractivity contribution in [3.63, 3.8) is 0 Å². The fourth-order valence-corrected chi connectivity index (χ4v) is 5.81. The minimum absolute atomic E-state index is 0.0672. The van der Waals surface area contributed by atoms with Gasteiger partial charge in [-0.3, -0.25) is 9.59 Å². The van der Waals surface area contributed by atoms with Gasteiger partial charge in [0.15, 0.2) is 11.5 Å². The van der Waals surface area contributed by atoms with Crippen LogP contribution >= 0.6 is 0 Å². The van der Waals surface area contributed by atoms with Crippen LogP contribution in [0.3, 0.4) is 0 Å². The number of hydrogen-bond acceptors (Lipinski definition) is 7. The van der Waals surface area contributed by atoms with Crippen molar-refractivity contribution in [1.82, 2.24) is 4.31 Å². The lowest BCUT2D eigenvalue weighted by atomic mass is 10.1. The predicted molar refractivity (Wildman–Crippen MR) is 176 cm³/mol. The summed E-state index contributed by atoms with van der Waals surface area (Å²) < 4.78 is 37.3. The number of carbonyl (C=O) groups excluding carboxylic acids is 2. The molecule has 1 unspecified atom stereocenters. The van der Waals surface area contributed by atoms with Crippen LogP contribution < -0.4 is 25.4 Å². The van der Waals surface area contributed by atoms with Gasteiger partial charge >= 0.3 is 12.0 Å². The Bertz CT molecular complexity index is 1640. The third-order valence-corrected chi connectivity index (χ3v) is 8.71. The SMILES string of the molecule is Cc1ccccc1NC(=O)Nc1ccc(CC(=O)Nc2ccc(OC3CCN(S(C)(=O)=O)CC3)c(OCC(C)CC(=O)O)c2)cc1. The molecular weight excluding hydrogens is 612 g/mol. The second kappa shape index (κ2) is 15.6. The number of nitrogens with zero attached hydrogens (tertiary/aromatic N) is 1. The lowest BCUT2D eigenvalue weighted by Crippen LogP contribution is -2.41. The molecule has 1 aliphatic heterocycles. The molecule has 3 amide bonds. The molecule has 1 fully saturated rings. The highest BCUT2D eigenvalue weighted by molar-refractivity contribution is 7.88. The van der Waals surface area contributed by atoms with Gasteiger partial charge in [-0.05, 0) is 61.2 Å². The number of benzene rings is 3. The molecule has 0 radical (unpaired) electrons. The zero-order valence-electron chi connectivity index (χ0n) is 26.1. The van der Waals surface area contributed by atoms with Crippen LogP contribution in [-0.4, -0.2) is 67.8 Å². The molecule has 3 aromatic rings. The second-order valence-corrected chi connectivity index (χ2v) is 13.5. The van der Waals surface area contributed by atoms with Crippen molar-refractivity contribution in [2.24, 2.45) is 5.92 Å². The lowest BCUT2D eigenvalue weighted by Gasteiger charge is -2.31. The third kappa shape index (κ3) is 10.5. The number of aryl methyl sites for hydroxylation is 1. The number of para-hydroxylation sites is 1. The average Bonchev–Trinajstić information content (AvgIpc) is 2.99. The van der Waals surface area contributed by atoms with Crippen molar-refractivity contribution < 1.29 is 37.4 Å². The summed E-state index contributed by atoms with van der Waals surface area (Å²) in [6.45, 7) is 4.49. The van der Waals surface area contributed by atoms with E-state index in [0.29, 0.717) is 54.5 Å². The minimum atomic E-state index is -3.27. The van der Waals surface area contributed by atoms with Gasteiger partial charge in [0.05, 0.1) is 25.7 Å². The highest BCUT2D eigenvalue weighted by atomic mass is 32.2. The number of ether oxygens (including phenoxy) is 2. The van der Waals surface area contributed by atoms with Crippen molar-refractivity contribution in [3.05, 3.63) is 77.9 Å². The molecule has 46 heavy (non-hydrogen) atoms. The molecule has 0 saturated carbocycles. The topological polar surface area (TPSA) is 163 Å².